The van der Waals surface area contributed by atoms with Crippen molar-refractivity contribution in [2.75, 3.05) is 6.54 Å². The van der Waals surface area contributed by atoms with Gasteiger partial charge in [0.1, 0.15) is 36.1 Å². The van der Waals surface area contributed by atoms with E-state index in [4.69, 9.17) is 10.8 Å². The highest BCUT2D eigenvalue weighted by molar-refractivity contribution is 5.08. The Morgan fingerprint density at radius 2 is 1.21 bits per heavy atom. The van der Waals surface area contributed by atoms with E-state index in [0.717, 1.165) is 0 Å². The van der Waals surface area contributed by atoms with E-state index < -0.39 is 42.7 Å². The van der Waals surface area contributed by atoms with E-state index in [-0.39, 0.29) is 0 Å². The summed E-state index contributed by atoms with van der Waals surface area (Å²) in [7, 11) is 0. The van der Waals surface area contributed by atoms with Gasteiger partial charge in [0.05, 0.1) is 0 Å². The van der Waals surface area contributed by atoms with Crippen molar-refractivity contribution in [1.82, 2.24) is 0 Å². The second-order valence-corrected chi connectivity index (χ2v) is 3.56. The second-order valence-electron chi connectivity index (χ2n) is 3.56. The molecule has 14 heavy (non-hydrogen) atoms. The molecule has 8 N–H and O–H groups in total. The van der Waals surface area contributed by atoms with Crippen molar-refractivity contribution in [3.8, 4) is 0 Å². The molecule has 7 nitrogen and oxygen atoms in total. The molecule has 6 atom stereocenters. The van der Waals surface area contributed by atoms with Gasteiger partial charge in [-0.15, -0.1) is 0 Å². The molecule has 84 valence electrons. The zero-order valence-corrected chi connectivity index (χ0v) is 7.35. The summed E-state index contributed by atoms with van der Waals surface area (Å²) < 4.78 is 0. The van der Waals surface area contributed by atoms with Crippen LogP contribution in [0, 0.1) is 0 Å². The van der Waals surface area contributed by atoms with Gasteiger partial charge in [-0.25, -0.2) is 0 Å². The lowest BCUT2D eigenvalue weighted by Crippen LogP contribution is -2.73. The lowest BCUT2D eigenvalue weighted by Gasteiger charge is -2.47. The average Bonchev–Trinajstić information content (AvgIpc) is 2.21. The Labute approximate surface area is 80.0 Å². The molecule has 0 aromatic carbocycles. The Kier molecular flexibility index (Phi) is 3.12. The molecule has 0 unspecified atom stereocenters. The highest BCUT2D eigenvalue weighted by Crippen LogP contribution is 2.29. The first-order valence-electron chi connectivity index (χ1n) is 4.19. The van der Waals surface area contributed by atoms with Crippen LogP contribution in [0.15, 0.2) is 0 Å². The van der Waals surface area contributed by atoms with E-state index in [9.17, 15) is 25.5 Å². The van der Waals surface area contributed by atoms with Crippen molar-refractivity contribution in [2.24, 2.45) is 5.73 Å². The quantitative estimate of drug-likeness (QED) is 0.230. The van der Waals surface area contributed by atoms with Gasteiger partial charge >= 0.3 is 0 Å². The fourth-order valence-electron chi connectivity index (χ4n) is 1.58. The van der Waals surface area contributed by atoms with Crippen LogP contribution in [-0.2, 0) is 0 Å². The van der Waals surface area contributed by atoms with Crippen molar-refractivity contribution >= 4 is 0 Å². The van der Waals surface area contributed by atoms with Gasteiger partial charge in [0, 0.05) is 6.54 Å². The highest BCUT2D eigenvalue weighted by Gasteiger charge is 2.56. The Bertz CT molecular complexity index is 196. The van der Waals surface area contributed by atoms with Gasteiger partial charge in [-0.2, -0.15) is 0 Å². The smallest absolute Gasteiger partial charge is 0.134 e. The third-order valence-electron chi connectivity index (χ3n) is 2.70. The molecular formula is C7H15NO6. The van der Waals surface area contributed by atoms with Gasteiger partial charge in [0.25, 0.3) is 0 Å². The maximum atomic E-state index is 9.62. The number of rotatable bonds is 1. The number of aliphatic hydroxyl groups is 6. The van der Waals surface area contributed by atoms with Crippen LogP contribution in [0.1, 0.15) is 0 Å². The Morgan fingerprint density at radius 1 is 0.857 bits per heavy atom. The lowest BCUT2D eigenvalue weighted by atomic mass is 9.75. The maximum absolute atomic E-state index is 9.62. The molecule has 0 aromatic rings. The second kappa shape index (κ2) is 3.70. The molecule has 0 spiro atoms. The van der Waals surface area contributed by atoms with Crippen LogP contribution in [0.4, 0.5) is 0 Å². The summed E-state index contributed by atoms with van der Waals surface area (Å²) in [5, 5.41) is 55.9. The van der Waals surface area contributed by atoms with Crippen LogP contribution >= 0.6 is 0 Å². The summed E-state index contributed by atoms with van der Waals surface area (Å²) in [6, 6.07) is 0. The van der Waals surface area contributed by atoms with E-state index >= 15 is 0 Å². The SMILES string of the molecule is NC[C@@]1(O)[C@H](O)[C@@H](O)[C@H](O)[C@@H](O)[C@@H]1O. The van der Waals surface area contributed by atoms with E-state index in [2.05, 4.69) is 0 Å². The van der Waals surface area contributed by atoms with E-state index in [1.54, 1.807) is 0 Å². The molecule has 0 bridgehead atoms. The maximum Gasteiger partial charge on any atom is 0.134 e. The predicted octanol–water partition coefficient (Wildman–Crippen LogP) is -4.51. The summed E-state index contributed by atoms with van der Waals surface area (Å²) in [5.41, 5.74) is 2.90. The third-order valence-corrected chi connectivity index (χ3v) is 2.70. The van der Waals surface area contributed by atoms with Crippen molar-refractivity contribution in [2.45, 2.75) is 36.1 Å². The first kappa shape index (κ1) is 11.8. The van der Waals surface area contributed by atoms with Gasteiger partial charge < -0.3 is 36.4 Å². The molecule has 0 saturated heterocycles. The fourth-order valence-corrected chi connectivity index (χ4v) is 1.58. The van der Waals surface area contributed by atoms with E-state index in [0.29, 0.717) is 0 Å². The molecule has 7 heteroatoms. The monoisotopic (exact) mass is 209 g/mol. The van der Waals surface area contributed by atoms with E-state index in [1.165, 1.54) is 0 Å². The normalized spacial score (nSPS) is 54.6. The minimum absolute atomic E-state index is 0.545. The highest BCUT2D eigenvalue weighted by atomic mass is 16.4. The average molecular weight is 209 g/mol. The van der Waals surface area contributed by atoms with Crippen molar-refractivity contribution in [3.05, 3.63) is 0 Å². The van der Waals surface area contributed by atoms with Crippen LogP contribution in [0.25, 0.3) is 0 Å². The molecule has 1 saturated carbocycles. The number of hydrogen-bond donors (Lipinski definition) is 7. The van der Waals surface area contributed by atoms with Gasteiger partial charge in [-0.05, 0) is 0 Å². The zero-order chi connectivity index (χ0) is 11.1. The molecule has 0 aromatic heterocycles. The van der Waals surface area contributed by atoms with Gasteiger partial charge in [0.2, 0.25) is 0 Å². The number of aliphatic hydroxyl groups excluding tert-OH is 5. The minimum Gasteiger partial charge on any atom is -0.387 e. The Morgan fingerprint density at radius 3 is 1.50 bits per heavy atom. The first-order valence-corrected chi connectivity index (χ1v) is 4.19. The van der Waals surface area contributed by atoms with Crippen molar-refractivity contribution < 1.29 is 30.6 Å². The Hall–Kier alpha value is -0.280. The lowest BCUT2D eigenvalue weighted by molar-refractivity contribution is -0.264. The summed E-state index contributed by atoms with van der Waals surface area (Å²) in [6.07, 6.45) is -8.82. The molecule has 1 aliphatic rings. The molecule has 0 aliphatic heterocycles. The van der Waals surface area contributed by atoms with E-state index in [1.807, 2.05) is 0 Å². The molecule has 0 heterocycles. The van der Waals surface area contributed by atoms with Crippen LogP contribution in [0.2, 0.25) is 0 Å². The molecule has 1 fully saturated rings. The Balaban J connectivity index is 2.98. The van der Waals surface area contributed by atoms with Crippen molar-refractivity contribution in [1.29, 1.82) is 0 Å². The summed E-state index contributed by atoms with van der Waals surface area (Å²) in [4.78, 5) is 0. The van der Waals surface area contributed by atoms with Crippen LogP contribution in [-0.4, -0.2) is 73.3 Å². The first-order chi connectivity index (χ1) is 6.36. The standard InChI is InChI=1S/C7H15NO6/c8-1-7(14)5(12)3(10)2(9)4(11)6(7)13/h2-6,9-14H,1,8H2/t2-,3-,4+,5+,6-,7+. The largest absolute Gasteiger partial charge is 0.387 e. The van der Waals surface area contributed by atoms with Gasteiger partial charge in [-0.1, -0.05) is 0 Å². The number of nitrogens with two attached hydrogens (primary N) is 1. The number of hydrogen-bond acceptors (Lipinski definition) is 7. The molecule has 1 rings (SSSR count). The third kappa shape index (κ3) is 1.43. The van der Waals surface area contributed by atoms with Crippen molar-refractivity contribution in [3.63, 3.8) is 0 Å². The minimum atomic E-state index is -2.21. The summed E-state index contributed by atoms with van der Waals surface area (Å²) in [5.74, 6) is 0. The predicted molar refractivity (Wildman–Crippen MR) is 44.0 cm³/mol. The zero-order valence-electron chi connectivity index (χ0n) is 7.35. The summed E-state index contributed by atoms with van der Waals surface area (Å²) in [6.45, 7) is -0.545. The fraction of sp³-hybridized carbons (Fsp3) is 1.00. The van der Waals surface area contributed by atoms with Gasteiger partial charge in [-0.3, -0.25) is 0 Å². The summed E-state index contributed by atoms with van der Waals surface area (Å²) >= 11 is 0. The topological polar surface area (TPSA) is 147 Å². The van der Waals surface area contributed by atoms with Gasteiger partial charge in [0.15, 0.2) is 0 Å². The molecule has 1 aliphatic carbocycles. The molecule has 0 amide bonds. The van der Waals surface area contributed by atoms with Crippen LogP contribution < -0.4 is 5.73 Å². The van der Waals surface area contributed by atoms with Crippen LogP contribution in [0.3, 0.4) is 0 Å². The van der Waals surface area contributed by atoms with Crippen LogP contribution in [0.5, 0.6) is 0 Å². The molecular weight excluding hydrogens is 194 g/mol. The molecule has 0 radical (unpaired) electrons.